The molecule has 1 aliphatic rings. The first-order chi connectivity index (χ1) is 3.39. The van der Waals surface area contributed by atoms with E-state index in [1.807, 2.05) is 13.1 Å². The molecule has 0 aliphatic carbocycles. The second-order valence-electron chi connectivity index (χ2n) is 1.43. The zero-order chi connectivity index (χ0) is 5.11. The highest BCUT2D eigenvalue weighted by Crippen LogP contribution is 1.86. The number of rotatable bonds is 0. The van der Waals surface area contributed by atoms with E-state index in [4.69, 9.17) is 0 Å². The summed E-state index contributed by atoms with van der Waals surface area (Å²) in [6, 6.07) is 2.72. The highest BCUT2D eigenvalue weighted by Gasteiger charge is 2.04. The number of nitrogens with one attached hydrogen (secondary N) is 1. The summed E-state index contributed by atoms with van der Waals surface area (Å²) in [7, 11) is 0. The monoisotopic (exact) mass is 95.1 g/mol. The van der Waals surface area contributed by atoms with E-state index >= 15 is 0 Å². The molecule has 36 valence electrons. The molecule has 0 aromatic carbocycles. The number of allylic oxidation sites excluding steroid dienone is 1. The molecule has 1 atom stereocenters. The van der Waals surface area contributed by atoms with E-state index in [1.54, 1.807) is 6.08 Å². The van der Waals surface area contributed by atoms with E-state index in [-0.39, 0.29) is 6.17 Å². The maximum Gasteiger partial charge on any atom is 0.342 e. The molecule has 1 heterocycles. The molecule has 0 aromatic heterocycles. The second-order valence-corrected chi connectivity index (χ2v) is 1.43. The van der Waals surface area contributed by atoms with Gasteiger partial charge in [0.05, 0.1) is 6.08 Å². The summed E-state index contributed by atoms with van der Waals surface area (Å²) in [5.41, 5.74) is 0. The Morgan fingerprint density at radius 1 is 1.86 bits per heavy atom. The first kappa shape index (κ1) is 4.20. The van der Waals surface area contributed by atoms with Crippen LogP contribution in [0.3, 0.4) is 0 Å². The molecule has 0 radical (unpaired) electrons. The predicted molar refractivity (Wildman–Crippen MR) is 29.0 cm³/mol. The van der Waals surface area contributed by atoms with E-state index in [0.717, 1.165) is 0 Å². The molecule has 0 saturated carbocycles. The van der Waals surface area contributed by atoms with Crippen molar-refractivity contribution >= 4 is 0 Å². The van der Waals surface area contributed by atoms with E-state index in [2.05, 4.69) is 16.2 Å². The molecule has 2 heteroatoms. The quantitative estimate of drug-likeness (QED) is 0.470. The molecule has 1 unspecified atom stereocenters. The Labute approximate surface area is 42.7 Å². The fourth-order valence-electron chi connectivity index (χ4n) is 0.417. The highest BCUT2D eigenvalue weighted by molar-refractivity contribution is 5.13. The summed E-state index contributed by atoms with van der Waals surface area (Å²) in [6.45, 7) is 1.97. The maximum atomic E-state index is 3.88. The van der Waals surface area contributed by atoms with Gasteiger partial charge in [-0.25, -0.2) is 0 Å². The topological polar surface area (TPSA) is 16.4 Å². The molecule has 1 aliphatic heterocycles. The van der Waals surface area contributed by atoms with Gasteiger partial charge in [-0.15, -0.1) is 0 Å². The molecule has 1 rings (SSSR count). The van der Waals surface area contributed by atoms with Gasteiger partial charge >= 0.3 is 12.2 Å². The normalized spacial score (nSPS) is 25.0. The third-order valence-electron chi connectivity index (χ3n) is 0.763. The first-order valence-corrected chi connectivity index (χ1v) is 2.26. The van der Waals surface area contributed by atoms with Gasteiger partial charge in [0.25, 0.3) is 0 Å². The average Bonchev–Trinajstić information content (AvgIpc) is 1.69. The SMILES string of the molecule is CC1[N+]#CC=CN1. The zero-order valence-electron chi connectivity index (χ0n) is 4.18. The van der Waals surface area contributed by atoms with Crippen LogP contribution >= 0.6 is 0 Å². The van der Waals surface area contributed by atoms with E-state index < -0.39 is 0 Å². The largest absolute Gasteiger partial charge is 0.342 e. The van der Waals surface area contributed by atoms with Crippen LogP contribution in [0.2, 0.25) is 0 Å². The van der Waals surface area contributed by atoms with E-state index in [0.29, 0.717) is 0 Å². The number of hydrogen-bond donors (Lipinski definition) is 1. The number of hydrogen-bond acceptors (Lipinski definition) is 1. The summed E-state index contributed by atoms with van der Waals surface area (Å²) in [6.07, 6.45) is 3.79. The van der Waals surface area contributed by atoms with Gasteiger partial charge in [-0.05, 0) is 0 Å². The maximum absolute atomic E-state index is 3.88. The molecule has 0 spiro atoms. The van der Waals surface area contributed by atoms with Crippen molar-refractivity contribution in [3.05, 3.63) is 17.1 Å². The minimum Gasteiger partial charge on any atom is -0.319 e. The Morgan fingerprint density at radius 3 is 3.00 bits per heavy atom. The fourth-order valence-corrected chi connectivity index (χ4v) is 0.417. The van der Waals surface area contributed by atoms with Crippen molar-refractivity contribution in [1.82, 2.24) is 5.32 Å². The van der Waals surface area contributed by atoms with Gasteiger partial charge in [-0.2, -0.15) is 0 Å². The summed E-state index contributed by atoms with van der Waals surface area (Å²) in [5.74, 6) is 0. The Balaban J connectivity index is 2.59. The van der Waals surface area contributed by atoms with Crippen molar-refractivity contribution < 1.29 is 0 Å². The molecule has 7 heavy (non-hydrogen) atoms. The lowest BCUT2D eigenvalue weighted by Crippen LogP contribution is -2.16. The summed E-state index contributed by atoms with van der Waals surface area (Å²) >= 11 is 0. The molecule has 2 nitrogen and oxygen atoms in total. The van der Waals surface area contributed by atoms with Crippen molar-refractivity contribution in [2.45, 2.75) is 13.1 Å². The van der Waals surface area contributed by atoms with Crippen LogP contribution in [0.1, 0.15) is 6.92 Å². The van der Waals surface area contributed by atoms with Crippen LogP contribution in [0.15, 0.2) is 12.3 Å². The molecule has 1 N–H and O–H groups in total. The van der Waals surface area contributed by atoms with Gasteiger partial charge in [-0.1, -0.05) is 4.85 Å². The Kier molecular flexibility index (Phi) is 0.991. The third-order valence-corrected chi connectivity index (χ3v) is 0.763. The van der Waals surface area contributed by atoms with Crippen LogP contribution in [-0.4, -0.2) is 6.17 Å². The average molecular weight is 95.1 g/mol. The van der Waals surface area contributed by atoms with E-state index in [1.165, 1.54) is 0 Å². The summed E-state index contributed by atoms with van der Waals surface area (Å²) in [5, 5.41) is 2.97. The van der Waals surface area contributed by atoms with Crippen molar-refractivity contribution in [2.24, 2.45) is 0 Å². The lowest BCUT2D eigenvalue weighted by atomic mass is 10.5. The molecule has 0 saturated heterocycles. The highest BCUT2D eigenvalue weighted by atomic mass is 15.0. The van der Waals surface area contributed by atoms with Crippen LogP contribution in [0.25, 0.3) is 4.85 Å². The molecule has 0 aromatic rings. The van der Waals surface area contributed by atoms with Crippen LogP contribution in [0.5, 0.6) is 0 Å². The summed E-state index contributed by atoms with van der Waals surface area (Å²) < 4.78 is 0. The molecular formula is C5H7N2+. The van der Waals surface area contributed by atoms with Crippen molar-refractivity contribution in [3.63, 3.8) is 0 Å². The van der Waals surface area contributed by atoms with Gasteiger partial charge < -0.3 is 5.32 Å². The smallest absolute Gasteiger partial charge is 0.319 e. The van der Waals surface area contributed by atoms with Crippen LogP contribution < -0.4 is 5.32 Å². The predicted octanol–water partition coefficient (Wildman–Crippen LogP) is 0.782. The van der Waals surface area contributed by atoms with Gasteiger partial charge in [0, 0.05) is 13.1 Å². The van der Waals surface area contributed by atoms with Crippen LogP contribution in [0, 0.1) is 6.07 Å². The van der Waals surface area contributed by atoms with Gasteiger partial charge in [0.2, 0.25) is 0 Å². The lowest BCUT2D eigenvalue weighted by Gasteiger charge is -1.91. The van der Waals surface area contributed by atoms with E-state index in [9.17, 15) is 0 Å². The standard InChI is InChI=1S/C5H6N2/c1-5-6-3-2-4-7-5/h2-3,5H,1H3/p+1. The van der Waals surface area contributed by atoms with Crippen LogP contribution in [-0.2, 0) is 0 Å². The van der Waals surface area contributed by atoms with Crippen LogP contribution in [0.4, 0.5) is 0 Å². The van der Waals surface area contributed by atoms with Gasteiger partial charge in [-0.3, -0.25) is 0 Å². The van der Waals surface area contributed by atoms with Gasteiger partial charge in [0.1, 0.15) is 0 Å². The lowest BCUT2D eigenvalue weighted by molar-refractivity contribution is 0.760. The van der Waals surface area contributed by atoms with Crippen molar-refractivity contribution in [1.29, 1.82) is 0 Å². The number of nitrogens with zero attached hydrogens (tertiary/aromatic N) is 1. The molecular weight excluding hydrogens is 88.1 g/mol. The van der Waals surface area contributed by atoms with Crippen molar-refractivity contribution in [2.75, 3.05) is 0 Å². The molecule has 0 fully saturated rings. The molecule has 0 bridgehead atoms. The minimum atomic E-state index is 0.213. The first-order valence-electron chi connectivity index (χ1n) is 2.26. The Morgan fingerprint density at radius 2 is 2.71 bits per heavy atom. The Hall–Kier alpha value is -0.970. The summed E-state index contributed by atoms with van der Waals surface area (Å²) in [4.78, 5) is 3.88. The van der Waals surface area contributed by atoms with Gasteiger partial charge in [0.15, 0.2) is 0 Å². The van der Waals surface area contributed by atoms with Crippen molar-refractivity contribution in [3.8, 4) is 6.07 Å². The second kappa shape index (κ2) is 1.65. The Bertz CT molecular complexity index is 138. The minimum absolute atomic E-state index is 0.213. The zero-order valence-corrected chi connectivity index (χ0v) is 4.18. The third kappa shape index (κ3) is 0.934. The molecule has 0 amide bonds. The fraction of sp³-hybridized carbons (Fsp3) is 0.400.